The maximum atomic E-state index is 3.18. The van der Waals surface area contributed by atoms with E-state index in [4.69, 9.17) is 0 Å². The van der Waals surface area contributed by atoms with Crippen molar-refractivity contribution < 1.29 is 25.8 Å². The molecule has 0 nitrogen and oxygen atoms in total. The molecule has 0 saturated heterocycles. The van der Waals surface area contributed by atoms with Gasteiger partial charge in [0.1, 0.15) is 0 Å². The third-order valence-electron chi connectivity index (χ3n) is 3.15. The minimum atomic E-state index is 0. The molecule has 1 heteroatoms. The van der Waals surface area contributed by atoms with Gasteiger partial charge < -0.3 is 0 Å². The van der Waals surface area contributed by atoms with Crippen LogP contribution in [0.5, 0.6) is 0 Å². The number of benzene rings is 1. The number of unbranched alkanes of at least 4 members (excludes halogenated alkanes) is 1. The van der Waals surface area contributed by atoms with Crippen molar-refractivity contribution in [2.45, 2.75) is 32.6 Å². The van der Waals surface area contributed by atoms with E-state index in [1.165, 1.54) is 36.0 Å². The van der Waals surface area contributed by atoms with Gasteiger partial charge in [-0.05, 0) is 0 Å². The summed E-state index contributed by atoms with van der Waals surface area (Å²) in [5.74, 6) is 0. The van der Waals surface area contributed by atoms with E-state index in [1.54, 1.807) is 0 Å². The average molecular weight is 415 g/mol. The molecule has 98 valence electrons. The van der Waals surface area contributed by atoms with Gasteiger partial charge in [0.05, 0.1) is 0 Å². The maximum Gasteiger partial charge on any atom is 0 e. The van der Waals surface area contributed by atoms with E-state index in [9.17, 15) is 0 Å². The molecule has 0 N–H and O–H groups in total. The molecule has 0 bridgehead atoms. The predicted octanol–water partition coefficient (Wildman–Crippen LogP) is 4.70. The van der Waals surface area contributed by atoms with Gasteiger partial charge in [0.15, 0.2) is 0 Å². The van der Waals surface area contributed by atoms with Gasteiger partial charge in [-0.1, -0.05) is 38.7 Å². The monoisotopic (exact) mass is 416 g/mol. The van der Waals surface area contributed by atoms with Crippen molar-refractivity contribution >= 4 is 0 Å². The van der Waals surface area contributed by atoms with Crippen molar-refractivity contribution in [3.8, 4) is 0 Å². The van der Waals surface area contributed by atoms with Crippen LogP contribution in [0.25, 0.3) is 0 Å². The smallest absolute Gasteiger partial charge is 0 e. The first-order chi connectivity index (χ1) is 8.90. The summed E-state index contributed by atoms with van der Waals surface area (Å²) in [5, 5.41) is 0. The van der Waals surface area contributed by atoms with Crippen LogP contribution in [0.3, 0.4) is 0 Å². The van der Waals surface area contributed by atoms with Crippen molar-refractivity contribution in [2.24, 2.45) is 0 Å². The molecule has 0 fully saturated rings. The number of fused-ring (bicyclic) bond motifs is 1. The minimum absolute atomic E-state index is 0. The zero-order valence-electron chi connectivity index (χ0n) is 11.5. The molecule has 0 heterocycles. The largest absolute Gasteiger partial charge is 0.211 e. The molecule has 0 aromatic heterocycles. The average Bonchev–Trinajstić information content (AvgIpc) is 3.08. The number of hydrogen-bond donors (Lipinski definition) is 0. The van der Waals surface area contributed by atoms with E-state index in [-0.39, 0.29) is 25.8 Å². The summed E-state index contributed by atoms with van der Waals surface area (Å²) in [6, 6.07) is 16.9. The van der Waals surface area contributed by atoms with Gasteiger partial charge in [-0.15, -0.1) is 17.7 Å². The summed E-state index contributed by atoms with van der Waals surface area (Å²) >= 11 is 0. The van der Waals surface area contributed by atoms with Crippen LogP contribution in [0.4, 0.5) is 0 Å². The fourth-order valence-electron chi connectivity index (χ4n) is 2.07. The third kappa shape index (κ3) is 5.36. The van der Waals surface area contributed by atoms with Crippen LogP contribution in [0, 0.1) is 6.08 Å². The van der Waals surface area contributed by atoms with Crippen LogP contribution in [-0.4, -0.2) is 0 Å². The van der Waals surface area contributed by atoms with Gasteiger partial charge in [-0.3, -0.25) is 0 Å². The number of rotatable bonds is 3. The van der Waals surface area contributed by atoms with Crippen molar-refractivity contribution in [1.29, 1.82) is 0 Å². The van der Waals surface area contributed by atoms with E-state index in [0.717, 1.165) is 6.42 Å². The normalized spacial score (nSPS) is 11.2. The second-order valence-corrected chi connectivity index (χ2v) is 4.61. The van der Waals surface area contributed by atoms with E-state index < -0.39 is 0 Å². The molecule has 1 aliphatic rings. The van der Waals surface area contributed by atoms with E-state index in [0.29, 0.717) is 0 Å². The Balaban J connectivity index is 0.000000180. The van der Waals surface area contributed by atoms with Crippen LogP contribution in [0.2, 0.25) is 0 Å². The first-order valence-corrected chi connectivity index (χ1v) is 6.77. The number of hydrogen-bond acceptors (Lipinski definition) is 0. The van der Waals surface area contributed by atoms with Gasteiger partial charge in [0, 0.05) is 25.8 Å². The van der Waals surface area contributed by atoms with Crippen LogP contribution in [0.15, 0.2) is 54.6 Å². The third-order valence-corrected chi connectivity index (χ3v) is 3.15. The molecule has 0 aliphatic heterocycles. The van der Waals surface area contributed by atoms with Crippen LogP contribution in [0.1, 0.15) is 36.5 Å². The van der Waals surface area contributed by atoms with E-state index in [2.05, 4.69) is 61.5 Å². The van der Waals surface area contributed by atoms with Gasteiger partial charge >= 0.3 is 0 Å². The Labute approximate surface area is 135 Å². The first-order valence-electron chi connectivity index (χ1n) is 6.77. The fourth-order valence-corrected chi connectivity index (χ4v) is 2.07. The van der Waals surface area contributed by atoms with Crippen LogP contribution < -0.4 is 0 Å². The molecule has 2 aromatic carbocycles. The van der Waals surface area contributed by atoms with Crippen molar-refractivity contribution in [3.63, 3.8) is 0 Å². The topological polar surface area (TPSA) is 0 Å². The second-order valence-electron chi connectivity index (χ2n) is 4.61. The Morgan fingerprint density at radius 2 is 2.05 bits per heavy atom. The van der Waals surface area contributed by atoms with Crippen molar-refractivity contribution in [2.75, 3.05) is 0 Å². The van der Waals surface area contributed by atoms with Crippen LogP contribution in [-0.2, 0) is 38.7 Å². The molecule has 1 aliphatic carbocycles. The standard InChI is InChI=1S/C9H7.C9H13.Hf/c1-2-5-9-7-3-6-8(9)4-1;1-2-3-6-9-7-4-5-8-9;/h1-5H,6H2;4-5,7-8H,2-3,6H2,1H3;/q2*-1;. The number of allylic oxidation sites excluding steroid dienone is 1. The Morgan fingerprint density at radius 3 is 2.74 bits per heavy atom. The molecule has 0 atom stereocenters. The van der Waals surface area contributed by atoms with Crippen LogP contribution >= 0.6 is 0 Å². The van der Waals surface area contributed by atoms with Gasteiger partial charge in [0.25, 0.3) is 0 Å². The zero-order chi connectivity index (χ0) is 12.6. The summed E-state index contributed by atoms with van der Waals surface area (Å²) < 4.78 is 0. The van der Waals surface area contributed by atoms with E-state index in [1.807, 2.05) is 6.07 Å². The summed E-state index contributed by atoms with van der Waals surface area (Å²) in [5.41, 5.74) is 4.15. The summed E-state index contributed by atoms with van der Waals surface area (Å²) in [4.78, 5) is 0. The fraction of sp³-hybridized carbons (Fsp3) is 0.278. The Hall–Kier alpha value is -0.820. The first kappa shape index (κ1) is 16.2. The molecule has 19 heavy (non-hydrogen) atoms. The van der Waals surface area contributed by atoms with Gasteiger partial charge in [-0.2, -0.15) is 47.5 Å². The van der Waals surface area contributed by atoms with Gasteiger partial charge in [-0.25, -0.2) is 6.07 Å². The molecule has 0 amide bonds. The molecular formula is C18H20Hf-2. The molecule has 3 rings (SSSR count). The molecular weight excluding hydrogens is 395 g/mol. The Morgan fingerprint density at radius 1 is 1.21 bits per heavy atom. The number of aryl methyl sites for hydroxylation is 1. The van der Waals surface area contributed by atoms with Gasteiger partial charge in [0.2, 0.25) is 0 Å². The van der Waals surface area contributed by atoms with Crippen molar-refractivity contribution in [1.82, 2.24) is 0 Å². The summed E-state index contributed by atoms with van der Waals surface area (Å²) in [7, 11) is 0. The SMILES string of the molecule is CCCCc1cc[cH-]c1.[C-]1=CCc2ccccc21.[Hf]. The minimum Gasteiger partial charge on any atom is -0.211 e. The Bertz CT molecular complexity index is 480. The Kier molecular flexibility index (Phi) is 7.81. The second kappa shape index (κ2) is 9.14. The predicted molar refractivity (Wildman–Crippen MR) is 77.7 cm³/mol. The van der Waals surface area contributed by atoms with E-state index >= 15 is 0 Å². The molecule has 0 saturated carbocycles. The quantitative estimate of drug-likeness (QED) is 0.504. The molecule has 0 unspecified atom stereocenters. The summed E-state index contributed by atoms with van der Waals surface area (Å²) in [6.45, 7) is 2.23. The summed E-state index contributed by atoms with van der Waals surface area (Å²) in [6.07, 6.45) is 10.2. The molecule has 0 spiro atoms. The molecule has 0 radical (unpaired) electrons. The molecule has 2 aromatic rings. The zero-order valence-corrected chi connectivity index (χ0v) is 15.1. The maximum absolute atomic E-state index is 3.18. The van der Waals surface area contributed by atoms with Crippen molar-refractivity contribution in [3.05, 3.63) is 77.4 Å².